The summed E-state index contributed by atoms with van der Waals surface area (Å²) in [6.45, 7) is 0. The number of carbonyl (C=O) groups excluding carboxylic acids is 1. The number of nitrogens with one attached hydrogen (secondary N) is 1. The fourth-order valence-corrected chi connectivity index (χ4v) is 3.11. The zero-order valence-corrected chi connectivity index (χ0v) is 13.4. The van der Waals surface area contributed by atoms with Gasteiger partial charge in [0.05, 0.1) is 11.2 Å². The van der Waals surface area contributed by atoms with Gasteiger partial charge in [-0.1, -0.05) is 42.5 Å². The zero-order chi connectivity index (χ0) is 17.4. The number of anilines is 1. The molecule has 6 nitrogen and oxygen atoms in total. The van der Waals surface area contributed by atoms with Gasteiger partial charge in [0.15, 0.2) is 5.82 Å². The average Bonchev–Trinajstić information content (AvgIpc) is 3.03. The van der Waals surface area contributed by atoms with Crippen molar-refractivity contribution in [3.8, 4) is 11.3 Å². The van der Waals surface area contributed by atoms with Gasteiger partial charge in [-0.05, 0) is 18.6 Å². The van der Waals surface area contributed by atoms with Gasteiger partial charge in [0.1, 0.15) is 5.56 Å². The number of hydrogen-bond donors (Lipinski definition) is 3. The molecule has 0 spiro atoms. The van der Waals surface area contributed by atoms with Crippen LogP contribution < -0.4 is 11.5 Å². The predicted molar refractivity (Wildman–Crippen MR) is 97.9 cm³/mol. The number of nitrogen functional groups attached to an aromatic ring is 1. The molecule has 4 rings (SSSR count). The lowest BCUT2D eigenvalue weighted by atomic mass is 9.96. The zero-order valence-electron chi connectivity index (χ0n) is 13.4. The van der Waals surface area contributed by atoms with Gasteiger partial charge in [-0.2, -0.15) is 5.10 Å². The number of H-pyrrole nitrogens is 1. The van der Waals surface area contributed by atoms with Crippen molar-refractivity contribution in [2.24, 2.45) is 5.73 Å². The van der Waals surface area contributed by atoms with E-state index in [4.69, 9.17) is 16.5 Å². The first kappa shape index (κ1) is 15.1. The minimum atomic E-state index is -0.609. The summed E-state index contributed by atoms with van der Waals surface area (Å²) in [5, 5.41) is 7.71. The van der Waals surface area contributed by atoms with E-state index in [0.717, 1.165) is 28.6 Å². The quantitative estimate of drug-likeness (QED) is 0.685. The number of aromatic nitrogens is 3. The van der Waals surface area contributed by atoms with Crippen LogP contribution in [0.3, 0.4) is 0 Å². The van der Waals surface area contributed by atoms with E-state index in [1.165, 1.54) is 0 Å². The highest BCUT2D eigenvalue weighted by Crippen LogP contribution is 2.29. The van der Waals surface area contributed by atoms with Crippen LogP contribution in [0.1, 0.15) is 28.4 Å². The highest BCUT2D eigenvalue weighted by molar-refractivity contribution is 6.03. The number of nitrogens with two attached hydrogens (primary N) is 2. The summed E-state index contributed by atoms with van der Waals surface area (Å²) in [5.74, 6) is -0.229. The summed E-state index contributed by atoms with van der Waals surface area (Å²) >= 11 is 0. The number of pyridine rings is 1. The van der Waals surface area contributed by atoms with E-state index < -0.39 is 5.91 Å². The Morgan fingerprint density at radius 1 is 1.20 bits per heavy atom. The molecule has 0 saturated carbocycles. The number of carbonyl (C=O) groups is 1. The molecule has 0 aliphatic heterocycles. The maximum Gasteiger partial charge on any atom is 0.254 e. The first-order chi connectivity index (χ1) is 12.1. The summed E-state index contributed by atoms with van der Waals surface area (Å²) in [7, 11) is 0. The third-order valence-electron chi connectivity index (χ3n) is 4.40. The van der Waals surface area contributed by atoms with Crippen LogP contribution in [0.15, 0.2) is 54.6 Å². The van der Waals surface area contributed by atoms with E-state index in [1.54, 1.807) is 0 Å². The molecule has 1 amide bonds. The average molecular weight is 331 g/mol. The van der Waals surface area contributed by atoms with Crippen LogP contribution in [0.25, 0.3) is 22.2 Å². The molecule has 1 unspecified atom stereocenters. The Balaban J connectivity index is 1.80. The lowest BCUT2D eigenvalue weighted by Crippen LogP contribution is -2.13. The molecule has 25 heavy (non-hydrogen) atoms. The second-order valence-corrected chi connectivity index (χ2v) is 6.02. The van der Waals surface area contributed by atoms with Crippen molar-refractivity contribution in [1.82, 2.24) is 15.2 Å². The summed E-state index contributed by atoms with van der Waals surface area (Å²) in [4.78, 5) is 16.5. The van der Waals surface area contributed by atoms with E-state index in [1.807, 2.05) is 30.4 Å². The van der Waals surface area contributed by atoms with Crippen molar-refractivity contribution < 1.29 is 4.79 Å². The number of primary amides is 1. The minimum Gasteiger partial charge on any atom is -0.382 e. The van der Waals surface area contributed by atoms with Crippen molar-refractivity contribution in [1.29, 1.82) is 0 Å². The third-order valence-corrected chi connectivity index (χ3v) is 4.40. The maximum atomic E-state index is 11.7. The standard InChI is InChI=1S/C19H17N5O/c20-18-16(19(21)25)17(23-24-18)13-7-6-12-8-9-14(22-15(12)10-13)11-4-2-1-3-5-11/h1-4,6-11H,5H2,(H2,21,25)(H3,20,23,24). The number of nitrogens with zero attached hydrogens (tertiary/aromatic N) is 2. The van der Waals surface area contributed by atoms with Crippen LogP contribution in [0.5, 0.6) is 0 Å². The number of aromatic amines is 1. The van der Waals surface area contributed by atoms with E-state index in [2.05, 4.69) is 34.5 Å². The van der Waals surface area contributed by atoms with Crippen LogP contribution in [0.2, 0.25) is 0 Å². The Hall–Kier alpha value is -3.41. The molecular weight excluding hydrogens is 314 g/mol. The second kappa shape index (κ2) is 5.90. The van der Waals surface area contributed by atoms with E-state index in [9.17, 15) is 4.79 Å². The molecule has 124 valence electrons. The van der Waals surface area contributed by atoms with Gasteiger partial charge in [-0.3, -0.25) is 14.9 Å². The van der Waals surface area contributed by atoms with E-state index >= 15 is 0 Å². The largest absolute Gasteiger partial charge is 0.382 e. The normalized spacial score (nSPS) is 16.4. The molecule has 1 aliphatic carbocycles. The number of benzene rings is 1. The third kappa shape index (κ3) is 2.67. The molecule has 0 bridgehead atoms. The monoisotopic (exact) mass is 331 g/mol. The molecule has 0 radical (unpaired) electrons. The molecule has 3 aromatic rings. The van der Waals surface area contributed by atoms with Crippen LogP contribution >= 0.6 is 0 Å². The second-order valence-electron chi connectivity index (χ2n) is 6.02. The van der Waals surface area contributed by atoms with Crippen LogP contribution in [0.4, 0.5) is 5.82 Å². The molecule has 5 N–H and O–H groups in total. The first-order valence-electron chi connectivity index (χ1n) is 8.01. The van der Waals surface area contributed by atoms with Gasteiger partial charge in [0.25, 0.3) is 5.91 Å². The van der Waals surface area contributed by atoms with Crippen LogP contribution in [-0.4, -0.2) is 21.1 Å². The fraction of sp³-hybridized carbons (Fsp3) is 0.105. The molecule has 1 atom stereocenters. The summed E-state index contributed by atoms with van der Waals surface area (Å²) in [6, 6.07) is 9.88. The van der Waals surface area contributed by atoms with Crippen molar-refractivity contribution in [3.05, 3.63) is 65.9 Å². The Morgan fingerprint density at radius 2 is 2.04 bits per heavy atom. The van der Waals surface area contributed by atoms with Gasteiger partial charge < -0.3 is 11.5 Å². The lowest BCUT2D eigenvalue weighted by Gasteiger charge is -2.13. The van der Waals surface area contributed by atoms with Crippen LogP contribution in [-0.2, 0) is 0 Å². The summed E-state index contributed by atoms with van der Waals surface area (Å²) in [6.07, 6.45) is 9.32. The molecule has 0 fully saturated rings. The first-order valence-corrected chi connectivity index (χ1v) is 8.01. The van der Waals surface area contributed by atoms with E-state index in [0.29, 0.717) is 5.69 Å². The number of fused-ring (bicyclic) bond motifs is 1. The highest BCUT2D eigenvalue weighted by Gasteiger charge is 2.18. The van der Waals surface area contributed by atoms with Gasteiger partial charge in [-0.25, -0.2) is 0 Å². The van der Waals surface area contributed by atoms with Crippen molar-refractivity contribution in [2.75, 3.05) is 5.73 Å². The highest BCUT2D eigenvalue weighted by atomic mass is 16.1. The Morgan fingerprint density at radius 3 is 2.80 bits per heavy atom. The SMILES string of the molecule is NC(=O)c1c(N)n[nH]c1-c1ccc2ccc(C3C=CC=CC3)nc2c1. The van der Waals surface area contributed by atoms with Gasteiger partial charge in [0, 0.05) is 22.6 Å². The van der Waals surface area contributed by atoms with Crippen molar-refractivity contribution in [3.63, 3.8) is 0 Å². The molecule has 6 heteroatoms. The Kier molecular flexibility index (Phi) is 3.57. The van der Waals surface area contributed by atoms with Crippen molar-refractivity contribution >= 4 is 22.6 Å². The lowest BCUT2D eigenvalue weighted by molar-refractivity contribution is 0.100. The molecule has 0 saturated heterocycles. The number of hydrogen-bond acceptors (Lipinski definition) is 4. The van der Waals surface area contributed by atoms with Gasteiger partial charge >= 0.3 is 0 Å². The molecule has 1 aliphatic rings. The van der Waals surface area contributed by atoms with Gasteiger partial charge in [0.2, 0.25) is 0 Å². The fourth-order valence-electron chi connectivity index (χ4n) is 3.11. The topological polar surface area (TPSA) is 111 Å². The summed E-state index contributed by atoms with van der Waals surface area (Å²) in [5.41, 5.74) is 14.5. The maximum absolute atomic E-state index is 11.7. The predicted octanol–water partition coefficient (Wildman–Crippen LogP) is 2.91. The smallest absolute Gasteiger partial charge is 0.254 e. The Bertz CT molecular complexity index is 1030. The molecule has 1 aromatic carbocycles. The van der Waals surface area contributed by atoms with Crippen LogP contribution in [0, 0.1) is 0 Å². The Labute approximate surface area is 144 Å². The van der Waals surface area contributed by atoms with E-state index in [-0.39, 0.29) is 17.3 Å². The molecule has 2 aromatic heterocycles. The number of rotatable bonds is 3. The molecule has 2 heterocycles. The minimum absolute atomic E-state index is 0.100. The van der Waals surface area contributed by atoms with Gasteiger partial charge in [-0.15, -0.1) is 0 Å². The molecular formula is C19H17N5O. The van der Waals surface area contributed by atoms with Crippen molar-refractivity contribution in [2.45, 2.75) is 12.3 Å². The number of amides is 1. The number of allylic oxidation sites excluding steroid dienone is 4. The summed E-state index contributed by atoms with van der Waals surface area (Å²) < 4.78 is 0.